The van der Waals surface area contributed by atoms with Gasteiger partial charge < -0.3 is 5.73 Å². The summed E-state index contributed by atoms with van der Waals surface area (Å²) in [6.07, 6.45) is 4.57. The van der Waals surface area contributed by atoms with Gasteiger partial charge >= 0.3 is 0 Å². The van der Waals surface area contributed by atoms with Crippen LogP contribution < -0.4 is 5.73 Å². The fraction of sp³-hybridized carbons (Fsp3) is 0.417. The third-order valence-corrected chi connectivity index (χ3v) is 4.94. The molecule has 4 nitrogen and oxygen atoms in total. The van der Waals surface area contributed by atoms with E-state index < -0.39 is 0 Å². The lowest BCUT2D eigenvalue weighted by atomic mass is 10.1. The van der Waals surface area contributed by atoms with Crippen molar-refractivity contribution in [1.29, 1.82) is 0 Å². The van der Waals surface area contributed by atoms with Gasteiger partial charge in [-0.2, -0.15) is 0 Å². The predicted molar refractivity (Wildman–Crippen MR) is 75.7 cm³/mol. The summed E-state index contributed by atoms with van der Waals surface area (Å²) in [6, 6.07) is 4.09. The number of aromatic nitrogens is 3. The molecule has 0 amide bonds. The highest BCUT2D eigenvalue weighted by Gasteiger charge is 2.21. The Kier molecular flexibility index (Phi) is 4.68. The minimum absolute atomic E-state index is 0.0865. The van der Waals surface area contributed by atoms with Gasteiger partial charge in [0, 0.05) is 18.4 Å². The molecule has 0 aliphatic carbocycles. The zero-order valence-electron chi connectivity index (χ0n) is 10.4. The third-order valence-electron chi connectivity index (χ3n) is 2.61. The van der Waals surface area contributed by atoms with Crippen LogP contribution in [0.25, 0.3) is 0 Å². The van der Waals surface area contributed by atoms with E-state index in [1.807, 2.05) is 19.2 Å². The summed E-state index contributed by atoms with van der Waals surface area (Å²) in [4.78, 5) is 4.17. The normalized spacial score (nSPS) is 14.4. The summed E-state index contributed by atoms with van der Waals surface area (Å²) >= 11 is 3.28. The Labute approximate surface area is 115 Å². The molecule has 0 saturated carbocycles. The van der Waals surface area contributed by atoms with Gasteiger partial charge in [-0.25, -0.2) is 0 Å². The molecular formula is C12H16N4S2. The van der Waals surface area contributed by atoms with E-state index in [1.165, 1.54) is 0 Å². The molecule has 18 heavy (non-hydrogen) atoms. The molecule has 0 radical (unpaired) electrons. The second-order valence-electron chi connectivity index (χ2n) is 3.98. The van der Waals surface area contributed by atoms with Gasteiger partial charge in [-0.1, -0.05) is 36.1 Å². The van der Waals surface area contributed by atoms with Gasteiger partial charge in [-0.05, 0) is 25.0 Å². The van der Waals surface area contributed by atoms with Crippen LogP contribution >= 0.6 is 23.1 Å². The molecule has 6 heteroatoms. The second kappa shape index (κ2) is 6.26. The van der Waals surface area contributed by atoms with Crippen LogP contribution in [-0.4, -0.2) is 21.2 Å². The fourth-order valence-corrected chi connectivity index (χ4v) is 3.82. The first-order valence-electron chi connectivity index (χ1n) is 5.83. The number of nitrogens with two attached hydrogens (primary N) is 1. The summed E-state index contributed by atoms with van der Waals surface area (Å²) in [7, 11) is 0. The number of hydrogen-bond donors (Lipinski definition) is 1. The van der Waals surface area contributed by atoms with Gasteiger partial charge in [-0.3, -0.25) is 4.98 Å². The van der Waals surface area contributed by atoms with Gasteiger partial charge in [0.05, 0.1) is 5.25 Å². The molecule has 2 heterocycles. The van der Waals surface area contributed by atoms with Crippen molar-refractivity contribution < 1.29 is 0 Å². The Morgan fingerprint density at radius 1 is 1.44 bits per heavy atom. The molecule has 0 fully saturated rings. The Hall–Kier alpha value is -0.980. The zero-order chi connectivity index (χ0) is 13.0. The maximum Gasteiger partial charge on any atom is 0.174 e. The van der Waals surface area contributed by atoms with Crippen LogP contribution in [0.3, 0.4) is 0 Å². The third kappa shape index (κ3) is 3.28. The number of aryl methyl sites for hydroxylation is 1. The Morgan fingerprint density at radius 2 is 2.28 bits per heavy atom. The minimum Gasteiger partial charge on any atom is -0.326 e. The zero-order valence-corrected chi connectivity index (χ0v) is 12.0. The smallest absolute Gasteiger partial charge is 0.174 e. The van der Waals surface area contributed by atoms with Crippen LogP contribution in [0.4, 0.5) is 0 Å². The summed E-state index contributed by atoms with van der Waals surface area (Å²) in [5, 5.41) is 9.35. The number of pyridine rings is 1. The van der Waals surface area contributed by atoms with Crippen LogP contribution in [0.2, 0.25) is 0 Å². The quantitative estimate of drug-likeness (QED) is 0.853. The average Bonchev–Trinajstić information content (AvgIpc) is 2.82. The molecule has 2 unspecified atom stereocenters. The summed E-state index contributed by atoms with van der Waals surface area (Å²) in [5.41, 5.74) is 7.35. The first kappa shape index (κ1) is 13.5. The summed E-state index contributed by atoms with van der Waals surface area (Å²) in [5.74, 6) is 0. The van der Waals surface area contributed by atoms with Crippen molar-refractivity contribution in [1.82, 2.24) is 15.2 Å². The SMILES string of the molecule is CCC(N)C(Sc1nnc(C)s1)c1cccnc1. The molecule has 0 aliphatic heterocycles. The maximum atomic E-state index is 6.21. The van der Waals surface area contributed by atoms with Crippen LogP contribution in [0, 0.1) is 6.92 Å². The first-order valence-corrected chi connectivity index (χ1v) is 7.52. The molecule has 2 aromatic heterocycles. The molecule has 0 aromatic carbocycles. The largest absolute Gasteiger partial charge is 0.326 e. The molecule has 0 bridgehead atoms. The average molecular weight is 280 g/mol. The van der Waals surface area contributed by atoms with Crippen LogP contribution in [0.5, 0.6) is 0 Å². The maximum absolute atomic E-state index is 6.21. The Morgan fingerprint density at radius 3 is 2.83 bits per heavy atom. The Bertz CT molecular complexity index is 486. The standard InChI is InChI=1S/C12H16N4S2/c1-3-10(13)11(9-5-4-6-14-7-9)18-12-16-15-8(2)17-12/h4-7,10-11H,3,13H2,1-2H3. The highest BCUT2D eigenvalue weighted by Crippen LogP contribution is 2.38. The van der Waals surface area contributed by atoms with Crippen molar-refractivity contribution in [2.45, 2.75) is 35.9 Å². The fourth-order valence-electron chi connectivity index (χ4n) is 1.60. The molecule has 2 rings (SSSR count). The molecule has 0 aliphatic rings. The van der Waals surface area contributed by atoms with Gasteiger partial charge in [0.15, 0.2) is 4.34 Å². The topological polar surface area (TPSA) is 64.7 Å². The van der Waals surface area contributed by atoms with E-state index in [-0.39, 0.29) is 11.3 Å². The molecule has 0 spiro atoms. The minimum atomic E-state index is 0.0865. The van der Waals surface area contributed by atoms with Crippen molar-refractivity contribution in [2.24, 2.45) is 5.73 Å². The van der Waals surface area contributed by atoms with E-state index in [9.17, 15) is 0 Å². The first-order chi connectivity index (χ1) is 8.70. The highest BCUT2D eigenvalue weighted by molar-refractivity contribution is 8.01. The second-order valence-corrected chi connectivity index (χ2v) is 6.55. The number of thioether (sulfide) groups is 1. The molecule has 96 valence electrons. The van der Waals surface area contributed by atoms with Crippen molar-refractivity contribution in [3.63, 3.8) is 0 Å². The summed E-state index contributed by atoms with van der Waals surface area (Å²) < 4.78 is 0.963. The van der Waals surface area contributed by atoms with E-state index in [1.54, 1.807) is 29.3 Å². The molecule has 2 N–H and O–H groups in total. The van der Waals surface area contributed by atoms with Gasteiger partial charge in [-0.15, -0.1) is 10.2 Å². The van der Waals surface area contributed by atoms with E-state index >= 15 is 0 Å². The van der Waals surface area contributed by atoms with Crippen molar-refractivity contribution in [3.8, 4) is 0 Å². The van der Waals surface area contributed by atoms with E-state index in [0.29, 0.717) is 0 Å². The molecule has 0 saturated heterocycles. The van der Waals surface area contributed by atoms with Crippen molar-refractivity contribution in [2.75, 3.05) is 0 Å². The van der Waals surface area contributed by atoms with Gasteiger partial charge in [0.1, 0.15) is 5.01 Å². The lowest BCUT2D eigenvalue weighted by Gasteiger charge is -2.21. The van der Waals surface area contributed by atoms with Gasteiger partial charge in [0.25, 0.3) is 0 Å². The van der Waals surface area contributed by atoms with E-state index in [4.69, 9.17) is 5.73 Å². The van der Waals surface area contributed by atoms with Crippen molar-refractivity contribution in [3.05, 3.63) is 35.1 Å². The number of hydrogen-bond acceptors (Lipinski definition) is 6. The van der Waals surface area contributed by atoms with Crippen LogP contribution in [-0.2, 0) is 0 Å². The number of rotatable bonds is 5. The molecule has 2 atom stereocenters. The van der Waals surface area contributed by atoms with Gasteiger partial charge in [0.2, 0.25) is 0 Å². The lowest BCUT2D eigenvalue weighted by Crippen LogP contribution is -2.25. The van der Waals surface area contributed by atoms with E-state index in [2.05, 4.69) is 28.2 Å². The Balaban J connectivity index is 2.21. The van der Waals surface area contributed by atoms with Crippen LogP contribution in [0.1, 0.15) is 29.2 Å². The van der Waals surface area contributed by atoms with Crippen LogP contribution in [0.15, 0.2) is 28.9 Å². The van der Waals surface area contributed by atoms with Crippen molar-refractivity contribution >= 4 is 23.1 Å². The predicted octanol–water partition coefficient (Wildman–Crippen LogP) is 2.81. The summed E-state index contributed by atoms with van der Waals surface area (Å²) in [6.45, 7) is 4.06. The molecule has 2 aromatic rings. The lowest BCUT2D eigenvalue weighted by molar-refractivity contribution is 0.632. The molecular weight excluding hydrogens is 264 g/mol. The highest BCUT2D eigenvalue weighted by atomic mass is 32.2. The monoisotopic (exact) mass is 280 g/mol. The van der Waals surface area contributed by atoms with E-state index in [0.717, 1.165) is 21.3 Å². The number of nitrogens with zero attached hydrogens (tertiary/aromatic N) is 3.